The molecule has 72 valence electrons. The highest BCUT2D eigenvalue weighted by Gasteiger charge is 2.30. The summed E-state index contributed by atoms with van der Waals surface area (Å²) in [5.74, 6) is -0.379. The normalized spacial score (nSPS) is 22.4. The van der Waals surface area contributed by atoms with Gasteiger partial charge in [0, 0.05) is 5.92 Å². The molecule has 1 atom stereocenters. The molecule has 13 heavy (non-hydrogen) atoms. The smallest absolute Gasteiger partial charge is 0.306 e. The first-order chi connectivity index (χ1) is 6.06. The van der Waals surface area contributed by atoms with Crippen LogP contribution in [0.3, 0.4) is 0 Å². The number of carbonyl (C=O) groups excluding carboxylic acids is 2. The molecule has 0 radical (unpaired) electrons. The molecule has 0 saturated carbocycles. The quantitative estimate of drug-likeness (QED) is 0.607. The molecule has 0 N–H and O–H groups in total. The van der Waals surface area contributed by atoms with Crippen molar-refractivity contribution in [1.82, 2.24) is 0 Å². The largest absolute Gasteiger partial charge is 0.469 e. The van der Waals surface area contributed by atoms with E-state index in [4.69, 9.17) is 0 Å². The molecule has 3 nitrogen and oxygen atoms in total. The lowest BCUT2D eigenvalue weighted by Gasteiger charge is -2.05. The van der Waals surface area contributed by atoms with Crippen molar-refractivity contribution in [3.63, 3.8) is 0 Å². The summed E-state index contributed by atoms with van der Waals surface area (Å²) in [6.45, 7) is 3.75. The number of carbonyl (C=O) groups is 2. The second-order valence-electron chi connectivity index (χ2n) is 3.45. The molecule has 1 aliphatic rings. The van der Waals surface area contributed by atoms with Gasteiger partial charge in [-0.15, -0.1) is 0 Å². The molecular formula is C10H14O3. The first-order valence-electron chi connectivity index (χ1n) is 4.33. The number of hydrogen-bond acceptors (Lipinski definition) is 3. The third-order valence-corrected chi connectivity index (χ3v) is 2.57. The van der Waals surface area contributed by atoms with Crippen molar-refractivity contribution < 1.29 is 14.3 Å². The highest BCUT2D eigenvalue weighted by molar-refractivity contribution is 6.01. The average molecular weight is 182 g/mol. The Morgan fingerprint density at radius 2 is 2.15 bits per heavy atom. The van der Waals surface area contributed by atoms with E-state index in [0.717, 1.165) is 11.1 Å². The maximum Gasteiger partial charge on any atom is 0.306 e. The van der Waals surface area contributed by atoms with E-state index in [9.17, 15) is 9.59 Å². The van der Waals surface area contributed by atoms with E-state index in [1.54, 1.807) is 0 Å². The number of allylic oxidation sites excluding steroid dienone is 2. The fourth-order valence-corrected chi connectivity index (χ4v) is 1.58. The Labute approximate surface area is 77.8 Å². The second kappa shape index (κ2) is 3.73. The van der Waals surface area contributed by atoms with Gasteiger partial charge in [-0.25, -0.2) is 0 Å². The van der Waals surface area contributed by atoms with Gasteiger partial charge < -0.3 is 4.74 Å². The van der Waals surface area contributed by atoms with Crippen LogP contribution in [0.15, 0.2) is 11.1 Å². The van der Waals surface area contributed by atoms with E-state index < -0.39 is 0 Å². The molecule has 0 aromatic heterocycles. The number of rotatable bonds is 2. The van der Waals surface area contributed by atoms with Gasteiger partial charge in [-0.05, 0) is 25.8 Å². The number of Topliss-reactive ketones (excluding diaryl/α,β-unsaturated/α-hetero) is 1. The van der Waals surface area contributed by atoms with Crippen molar-refractivity contribution in [2.24, 2.45) is 5.92 Å². The highest BCUT2D eigenvalue weighted by Crippen LogP contribution is 2.29. The second-order valence-corrected chi connectivity index (χ2v) is 3.45. The monoisotopic (exact) mass is 182 g/mol. The number of ether oxygens (including phenoxy) is 1. The molecule has 3 heteroatoms. The molecule has 0 aromatic rings. The van der Waals surface area contributed by atoms with Crippen LogP contribution in [-0.4, -0.2) is 18.9 Å². The summed E-state index contributed by atoms with van der Waals surface area (Å²) in [6.07, 6.45) is 0.920. The first-order valence-corrected chi connectivity index (χ1v) is 4.33. The maximum atomic E-state index is 11.5. The predicted molar refractivity (Wildman–Crippen MR) is 48.1 cm³/mol. The molecule has 1 unspecified atom stereocenters. The fraction of sp³-hybridized carbons (Fsp3) is 0.600. The van der Waals surface area contributed by atoms with Crippen LogP contribution in [0.25, 0.3) is 0 Å². The van der Waals surface area contributed by atoms with Crippen molar-refractivity contribution in [2.45, 2.75) is 26.7 Å². The zero-order valence-corrected chi connectivity index (χ0v) is 8.22. The number of esters is 1. The molecule has 0 spiro atoms. The minimum Gasteiger partial charge on any atom is -0.469 e. The fourth-order valence-electron chi connectivity index (χ4n) is 1.58. The molecule has 1 aliphatic carbocycles. The molecule has 0 aliphatic heterocycles. The van der Waals surface area contributed by atoms with Crippen LogP contribution in [0.4, 0.5) is 0 Å². The Bertz CT molecular complexity index is 276. The molecule has 1 rings (SSSR count). The van der Waals surface area contributed by atoms with E-state index in [0.29, 0.717) is 6.42 Å². The van der Waals surface area contributed by atoms with Gasteiger partial charge in [-0.3, -0.25) is 9.59 Å². The van der Waals surface area contributed by atoms with Crippen molar-refractivity contribution in [1.29, 1.82) is 0 Å². The average Bonchev–Trinajstić information content (AvgIpc) is 2.34. The van der Waals surface area contributed by atoms with E-state index in [1.165, 1.54) is 7.11 Å². The van der Waals surface area contributed by atoms with Gasteiger partial charge in [0.2, 0.25) is 0 Å². The lowest BCUT2D eigenvalue weighted by atomic mass is 10.00. The van der Waals surface area contributed by atoms with E-state index >= 15 is 0 Å². The van der Waals surface area contributed by atoms with Crippen molar-refractivity contribution in [3.8, 4) is 0 Å². The summed E-state index contributed by atoms with van der Waals surface area (Å²) >= 11 is 0. The molecule has 0 saturated heterocycles. The SMILES string of the molecule is COC(=O)CC1CC(C)=C(C)C1=O. The number of methoxy groups -OCH3 is 1. The Kier molecular flexibility index (Phi) is 2.86. The van der Waals surface area contributed by atoms with Gasteiger partial charge in [-0.1, -0.05) is 5.57 Å². The van der Waals surface area contributed by atoms with Gasteiger partial charge in [0.05, 0.1) is 13.5 Å². The molecule has 0 fully saturated rings. The van der Waals surface area contributed by atoms with Gasteiger partial charge in [0.1, 0.15) is 0 Å². The standard InChI is InChI=1S/C10H14O3/c1-6-4-8(5-9(11)13-3)10(12)7(6)2/h8H,4-5H2,1-3H3. The van der Waals surface area contributed by atoms with Crippen molar-refractivity contribution in [2.75, 3.05) is 7.11 Å². The lowest BCUT2D eigenvalue weighted by molar-refractivity contribution is -0.143. The third kappa shape index (κ3) is 1.97. The Hall–Kier alpha value is -1.12. The summed E-state index contributed by atoms with van der Waals surface area (Å²) in [6, 6.07) is 0. The molecule has 0 bridgehead atoms. The van der Waals surface area contributed by atoms with E-state index in [-0.39, 0.29) is 24.1 Å². The van der Waals surface area contributed by atoms with Crippen LogP contribution in [0, 0.1) is 5.92 Å². The zero-order valence-electron chi connectivity index (χ0n) is 8.22. The number of ketones is 1. The van der Waals surface area contributed by atoms with Crippen LogP contribution in [0.2, 0.25) is 0 Å². The first kappa shape index (κ1) is 9.96. The molecule has 0 aromatic carbocycles. The Morgan fingerprint density at radius 1 is 1.54 bits per heavy atom. The molecule has 0 heterocycles. The van der Waals surface area contributed by atoms with Gasteiger partial charge in [0.15, 0.2) is 5.78 Å². The molecule has 0 amide bonds. The minimum atomic E-state index is -0.305. The van der Waals surface area contributed by atoms with Crippen LogP contribution in [0.1, 0.15) is 26.7 Å². The summed E-state index contributed by atoms with van der Waals surface area (Å²) < 4.78 is 4.52. The van der Waals surface area contributed by atoms with E-state index in [2.05, 4.69) is 4.74 Å². The topological polar surface area (TPSA) is 43.4 Å². The van der Waals surface area contributed by atoms with Gasteiger partial charge in [0.25, 0.3) is 0 Å². The van der Waals surface area contributed by atoms with Crippen LogP contribution >= 0.6 is 0 Å². The lowest BCUT2D eigenvalue weighted by Crippen LogP contribution is -2.15. The maximum absolute atomic E-state index is 11.5. The summed E-state index contributed by atoms with van der Waals surface area (Å²) in [5.41, 5.74) is 1.91. The summed E-state index contributed by atoms with van der Waals surface area (Å²) in [4.78, 5) is 22.4. The Morgan fingerprint density at radius 3 is 2.54 bits per heavy atom. The molecular weight excluding hydrogens is 168 g/mol. The van der Waals surface area contributed by atoms with Crippen LogP contribution in [-0.2, 0) is 14.3 Å². The summed E-state index contributed by atoms with van der Waals surface area (Å²) in [5, 5.41) is 0. The van der Waals surface area contributed by atoms with Gasteiger partial charge >= 0.3 is 5.97 Å². The predicted octanol–water partition coefficient (Wildman–Crippen LogP) is 1.47. The number of hydrogen-bond donors (Lipinski definition) is 0. The third-order valence-electron chi connectivity index (χ3n) is 2.57. The van der Waals surface area contributed by atoms with E-state index in [1.807, 2.05) is 13.8 Å². The Balaban J connectivity index is 2.60. The highest BCUT2D eigenvalue weighted by atomic mass is 16.5. The minimum absolute atomic E-state index is 0.0999. The summed E-state index contributed by atoms with van der Waals surface area (Å²) in [7, 11) is 1.34. The van der Waals surface area contributed by atoms with Crippen LogP contribution < -0.4 is 0 Å². The van der Waals surface area contributed by atoms with Crippen LogP contribution in [0.5, 0.6) is 0 Å². The van der Waals surface area contributed by atoms with Gasteiger partial charge in [-0.2, -0.15) is 0 Å². The zero-order chi connectivity index (χ0) is 10.0. The van der Waals surface area contributed by atoms with Crippen molar-refractivity contribution in [3.05, 3.63) is 11.1 Å². The van der Waals surface area contributed by atoms with Crippen molar-refractivity contribution >= 4 is 11.8 Å².